The number of anilines is 1. The molecule has 0 amide bonds. The molecule has 1 aromatic heterocycles. The number of hydrogen-bond donors (Lipinski definition) is 2. The number of nitrogens with one attached hydrogen (secondary N) is 1. The normalized spacial score (nSPS) is 10.7. The summed E-state index contributed by atoms with van der Waals surface area (Å²) in [6, 6.07) is 5.10. The van der Waals surface area contributed by atoms with E-state index in [0.717, 1.165) is 5.69 Å². The first-order valence-electron chi connectivity index (χ1n) is 4.81. The summed E-state index contributed by atoms with van der Waals surface area (Å²) < 4.78 is 1.42. The molecule has 1 aromatic carbocycles. The fraction of sp³-hybridized carbons (Fsp3) is 0.182. The van der Waals surface area contributed by atoms with Gasteiger partial charge in [0.1, 0.15) is 0 Å². The number of aryl methyl sites for hydroxylation is 2. The number of nitrogen functional groups attached to an aromatic ring is 1. The van der Waals surface area contributed by atoms with Crippen molar-refractivity contribution in [3.8, 4) is 11.1 Å². The van der Waals surface area contributed by atoms with Crippen molar-refractivity contribution in [2.75, 3.05) is 5.73 Å². The summed E-state index contributed by atoms with van der Waals surface area (Å²) >= 11 is 5.90. The predicted octanol–water partition coefficient (Wildman–Crippen LogP) is 1.92. The molecule has 3 N–H and O–H groups in total. The molecule has 0 atom stereocenters. The Morgan fingerprint density at radius 2 is 2.12 bits per heavy atom. The van der Waals surface area contributed by atoms with Gasteiger partial charge in [-0.15, -0.1) is 0 Å². The zero-order valence-electron chi connectivity index (χ0n) is 9.04. The Bertz CT molecular complexity index is 598. The van der Waals surface area contributed by atoms with E-state index in [-0.39, 0.29) is 5.56 Å². The van der Waals surface area contributed by atoms with E-state index in [9.17, 15) is 4.79 Å². The van der Waals surface area contributed by atoms with E-state index >= 15 is 0 Å². The number of aromatic amines is 1. The van der Waals surface area contributed by atoms with E-state index in [2.05, 4.69) is 5.10 Å². The maximum absolute atomic E-state index is 11.9. The number of H-pyrrole nitrogens is 1. The Labute approximate surface area is 97.6 Å². The lowest BCUT2D eigenvalue weighted by molar-refractivity contribution is 0.731. The SMILES string of the molecule is Cc1[nH]n(C)c(=O)c1-c1cc(Cl)ccc1N. The summed E-state index contributed by atoms with van der Waals surface area (Å²) in [4.78, 5) is 11.9. The van der Waals surface area contributed by atoms with E-state index < -0.39 is 0 Å². The van der Waals surface area contributed by atoms with Gasteiger partial charge in [-0.05, 0) is 25.1 Å². The third-order valence-electron chi connectivity index (χ3n) is 2.51. The molecule has 0 saturated carbocycles. The summed E-state index contributed by atoms with van der Waals surface area (Å²) in [6.07, 6.45) is 0. The average molecular weight is 238 g/mol. The van der Waals surface area contributed by atoms with Gasteiger partial charge in [0.15, 0.2) is 0 Å². The molecule has 2 rings (SSSR count). The molecule has 0 bridgehead atoms. The zero-order valence-corrected chi connectivity index (χ0v) is 9.80. The molecule has 5 heteroatoms. The Hall–Kier alpha value is -1.68. The van der Waals surface area contributed by atoms with Crippen molar-refractivity contribution >= 4 is 17.3 Å². The lowest BCUT2D eigenvalue weighted by atomic mass is 10.0. The van der Waals surface area contributed by atoms with E-state index in [4.69, 9.17) is 17.3 Å². The molecule has 0 saturated heterocycles. The minimum Gasteiger partial charge on any atom is -0.398 e. The molecule has 0 unspecified atom stereocenters. The van der Waals surface area contributed by atoms with Gasteiger partial charge in [-0.1, -0.05) is 11.6 Å². The number of hydrogen-bond acceptors (Lipinski definition) is 2. The molecule has 0 aliphatic carbocycles. The number of benzene rings is 1. The summed E-state index contributed by atoms with van der Waals surface area (Å²) in [5, 5.41) is 3.49. The first-order chi connectivity index (χ1) is 7.50. The molecule has 0 aliphatic rings. The maximum atomic E-state index is 11.9. The number of nitrogens with zero attached hydrogens (tertiary/aromatic N) is 1. The van der Waals surface area contributed by atoms with Crippen LogP contribution in [-0.4, -0.2) is 9.78 Å². The summed E-state index contributed by atoms with van der Waals surface area (Å²) in [6.45, 7) is 1.83. The van der Waals surface area contributed by atoms with Gasteiger partial charge >= 0.3 is 0 Å². The van der Waals surface area contributed by atoms with Crippen molar-refractivity contribution in [2.45, 2.75) is 6.92 Å². The van der Waals surface area contributed by atoms with E-state index in [1.807, 2.05) is 6.92 Å². The summed E-state index contributed by atoms with van der Waals surface area (Å²) in [7, 11) is 1.67. The van der Waals surface area contributed by atoms with Gasteiger partial charge in [0, 0.05) is 29.0 Å². The Morgan fingerprint density at radius 3 is 2.69 bits per heavy atom. The highest BCUT2D eigenvalue weighted by atomic mass is 35.5. The second-order valence-electron chi connectivity index (χ2n) is 3.71. The van der Waals surface area contributed by atoms with Crippen molar-refractivity contribution in [1.82, 2.24) is 9.78 Å². The minimum absolute atomic E-state index is 0.105. The van der Waals surface area contributed by atoms with E-state index in [1.54, 1.807) is 25.2 Å². The second kappa shape index (κ2) is 3.72. The lowest BCUT2D eigenvalue weighted by Gasteiger charge is -2.03. The minimum atomic E-state index is -0.105. The quantitative estimate of drug-likeness (QED) is 0.745. The Balaban J connectivity index is 2.77. The average Bonchev–Trinajstić information content (AvgIpc) is 2.46. The molecule has 2 aromatic rings. The van der Waals surface area contributed by atoms with Gasteiger partial charge in [-0.2, -0.15) is 0 Å². The molecular weight excluding hydrogens is 226 g/mol. The number of halogens is 1. The number of rotatable bonds is 1. The van der Waals surface area contributed by atoms with Gasteiger partial charge in [0.05, 0.1) is 5.56 Å². The van der Waals surface area contributed by atoms with Crippen molar-refractivity contribution in [3.63, 3.8) is 0 Å². The van der Waals surface area contributed by atoms with Gasteiger partial charge in [0.2, 0.25) is 0 Å². The van der Waals surface area contributed by atoms with Crippen LogP contribution >= 0.6 is 11.6 Å². The highest BCUT2D eigenvalue weighted by molar-refractivity contribution is 6.31. The van der Waals surface area contributed by atoms with Crippen molar-refractivity contribution in [1.29, 1.82) is 0 Å². The molecule has 0 aliphatic heterocycles. The molecular formula is C11H12ClN3O. The zero-order chi connectivity index (χ0) is 11.9. The van der Waals surface area contributed by atoms with Crippen LogP contribution in [0, 0.1) is 6.92 Å². The van der Waals surface area contributed by atoms with Crippen LogP contribution in [0.4, 0.5) is 5.69 Å². The molecule has 0 fully saturated rings. The van der Waals surface area contributed by atoms with Gasteiger partial charge in [-0.25, -0.2) is 0 Å². The molecule has 0 radical (unpaired) electrons. The van der Waals surface area contributed by atoms with Crippen LogP contribution in [0.2, 0.25) is 5.02 Å². The fourth-order valence-electron chi connectivity index (χ4n) is 1.75. The molecule has 84 valence electrons. The third kappa shape index (κ3) is 1.61. The Morgan fingerprint density at radius 1 is 1.44 bits per heavy atom. The Kier molecular flexibility index (Phi) is 2.52. The van der Waals surface area contributed by atoms with E-state index in [1.165, 1.54) is 4.68 Å². The highest BCUT2D eigenvalue weighted by Crippen LogP contribution is 2.28. The summed E-state index contributed by atoms with van der Waals surface area (Å²) in [5.74, 6) is 0. The third-order valence-corrected chi connectivity index (χ3v) is 2.75. The monoisotopic (exact) mass is 237 g/mol. The second-order valence-corrected chi connectivity index (χ2v) is 4.14. The van der Waals surface area contributed by atoms with Crippen molar-refractivity contribution in [3.05, 3.63) is 39.3 Å². The first kappa shape index (κ1) is 10.8. The number of aromatic nitrogens is 2. The van der Waals surface area contributed by atoms with E-state index in [0.29, 0.717) is 21.8 Å². The molecule has 4 nitrogen and oxygen atoms in total. The number of nitrogens with two attached hydrogens (primary N) is 1. The highest BCUT2D eigenvalue weighted by Gasteiger charge is 2.14. The van der Waals surface area contributed by atoms with Gasteiger partial charge < -0.3 is 5.73 Å². The lowest BCUT2D eigenvalue weighted by Crippen LogP contribution is -2.13. The standard InChI is InChI=1S/C11H12ClN3O/c1-6-10(11(16)15(2)14-6)8-5-7(12)3-4-9(8)13/h3-5,14H,13H2,1-2H3. The molecule has 16 heavy (non-hydrogen) atoms. The van der Waals surface area contributed by atoms with Crippen LogP contribution in [0.15, 0.2) is 23.0 Å². The van der Waals surface area contributed by atoms with Crippen LogP contribution < -0.4 is 11.3 Å². The maximum Gasteiger partial charge on any atom is 0.274 e. The molecule has 1 heterocycles. The van der Waals surface area contributed by atoms with Gasteiger partial charge in [-0.3, -0.25) is 14.6 Å². The summed E-state index contributed by atoms with van der Waals surface area (Å²) in [5.41, 5.74) is 8.31. The van der Waals surface area contributed by atoms with Crippen LogP contribution in [-0.2, 0) is 7.05 Å². The van der Waals surface area contributed by atoms with Crippen LogP contribution in [0.25, 0.3) is 11.1 Å². The van der Waals surface area contributed by atoms with Crippen molar-refractivity contribution < 1.29 is 0 Å². The van der Waals surface area contributed by atoms with Crippen LogP contribution in [0.5, 0.6) is 0 Å². The molecule has 0 spiro atoms. The largest absolute Gasteiger partial charge is 0.398 e. The fourth-order valence-corrected chi connectivity index (χ4v) is 1.92. The first-order valence-corrected chi connectivity index (χ1v) is 5.19. The predicted molar refractivity (Wildman–Crippen MR) is 65.6 cm³/mol. The van der Waals surface area contributed by atoms with Crippen LogP contribution in [0.3, 0.4) is 0 Å². The smallest absolute Gasteiger partial charge is 0.274 e. The van der Waals surface area contributed by atoms with Crippen molar-refractivity contribution in [2.24, 2.45) is 7.05 Å². The van der Waals surface area contributed by atoms with Crippen LogP contribution in [0.1, 0.15) is 5.69 Å². The van der Waals surface area contributed by atoms with Gasteiger partial charge in [0.25, 0.3) is 5.56 Å². The topological polar surface area (TPSA) is 63.8 Å².